The van der Waals surface area contributed by atoms with Crippen LogP contribution in [-0.2, 0) is 34.3 Å². The number of thiazole rings is 1. The Morgan fingerprint density at radius 1 is 1.50 bits per heavy atom. The van der Waals surface area contributed by atoms with Crippen LogP contribution in [-0.4, -0.2) is 71.6 Å². The largest absolute Gasteiger partial charge is 1.00 e. The number of nitrogens with zero attached hydrogens (tertiary/aromatic N) is 3. The molecule has 0 saturated carbocycles. The molecule has 28 heavy (non-hydrogen) atoms. The van der Waals surface area contributed by atoms with Gasteiger partial charge < -0.3 is 25.2 Å². The van der Waals surface area contributed by atoms with E-state index in [9.17, 15) is 27.4 Å². The zero-order valence-corrected chi connectivity index (χ0v) is 18.6. The summed E-state index contributed by atoms with van der Waals surface area (Å²) < 4.78 is 38.3. The van der Waals surface area contributed by atoms with Crippen LogP contribution in [0.4, 0.5) is 5.13 Å². The maximum atomic E-state index is 12.4. The van der Waals surface area contributed by atoms with Crippen molar-refractivity contribution >= 4 is 50.3 Å². The molecule has 0 spiro atoms. The number of oxime groups is 1. The molecule has 0 aromatic carbocycles. The van der Waals surface area contributed by atoms with Crippen molar-refractivity contribution in [3.05, 3.63) is 11.1 Å². The molecule has 3 N–H and O–H groups in total. The molecule has 2 heterocycles. The van der Waals surface area contributed by atoms with Gasteiger partial charge in [0.1, 0.15) is 31.5 Å². The molecule has 16 heteroatoms. The topological polar surface area (TPSA) is 193 Å². The maximum absolute atomic E-state index is 12.4. The molecule has 2 atom stereocenters. The van der Waals surface area contributed by atoms with Crippen molar-refractivity contribution in [1.82, 2.24) is 14.6 Å². The number of carbonyl (C=O) groups is 3. The number of nitrogen functional groups attached to an aromatic ring is 1. The van der Waals surface area contributed by atoms with Crippen LogP contribution < -0.4 is 40.6 Å². The Kier molecular flexibility index (Phi) is 8.33. The van der Waals surface area contributed by atoms with Gasteiger partial charge in [-0.05, 0) is 0 Å². The molecule has 148 valence electrons. The second-order valence-corrected chi connectivity index (χ2v) is 7.24. The number of aromatic nitrogens is 1. The van der Waals surface area contributed by atoms with Crippen molar-refractivity contribution in [2.45, 2.75) is 19.0 Å². The Bertz CT molecular complexity index is 902. The average Bonchev–Trinajstić information content (AvgIpc) is 2.98. The number of amides is 2. The molecule has 1 saturated heterocycles. The minimum absolute atomic E-state index is 0. The normalized spacial score (nSPS) is 19.3. The molecular formula is C12H14N5NaO8S2. The number of rotatable bonds is 7. The van der Waals surface area contributed by atoms with Crippen LogP contribution in [0.5, 0.6) is 0 Å². The molecule has 1 aliphatic heterocycles. The zero-order chi connectivity index (χ0) is 20.4. The third-order valence-corrected chi connectivity index (χ3v) is 4.92. The van der Waals surface area contributed by atoms with Crippen molar-refractivity contribution < 1.29 is 66.5 Å². The van der Waals surface area contributed by atoms with Gasteiger partial charge in [-0.25, -0.2) is 17.7 Å². The first kappa shape index (κ1) is 24.3. The second kappa shape index (κ2) is 9.62. The van der Waals surface area contributed by atoms with E-state index in [1.165, 1.54) is 12.5 Å². The van der Waals surface area contributed by atoms with E-state index in [4.69, 9.17) is 5.73 Å². The second-order valence-electron chi connectivity index (χ2n) is 5.11. The van der Waals surface area contributed by atoms with E-state index >= 15 is 0 Å². The number of esters is 1. The first-order valence-corrected chi connectivity index (χ1v) is 9.36. The summed E-state index contributed by atoms with van der Waals surface area (Å²) in [5.41, 5.74) is 5.24. The number of nitrogens with one attached hydrogen (secondary N) is 1. The van der Waals surface area contributed by atoms with E-state index in [0.29, 0.717) is 0 Å². The molecule has 0 aliphatic carbocycles. The van der Waals surface area contributed by atoms with Gasteiger partial charge in [-0.2, -0.15) is 0 Å². The van der Waals surface area contributed by atoms with Gasteiger partial charge in [0.2, 0.25) is 0 Å². The van der Waals surface area contributed by atoms with Gasteiger partial charge in [0.05, 0.1) is 0 Å². The van der Waals surface area contributed by atoms with Crippen molar-refractivity contribution in [3.63, 3.8) is 0 Å². The van der Waals surface area contributed by atoms with Crippen molar-refractivity contribution in [3.8, 4) is 0 Å². The average molecular weight is 443 g/mol. The number of hydrogen-bond acceptors (Lipinski definition) is 12. The number of hydrogen-bond donors (Lipinski definition) is 2. The van der Waals surface area contributed by atoms with E-state index < -0.39 is 46.8 Å². The Balaban J connectivity index is 0.00000392. The molecule has 2 amide bonds. The zero-order valence-electron chi connectivity index (χ0n) is 14.9. The monoisotopic (exact) mass is 443 g/mol. The van der Waals surface area contributed by atoms with E-state index in [2.05, 4.69) is 25.0 Å². The van der Waals surface area contributed by atoms with Crippen molar-refractivity contribution in [1.29, 1.82) is 0 Å². The SMILES string of the molecule is CO/N=C(\C(=O)N[C@H]1C(=O)N(S(=O)(=O)[O-])[C@H]1COC(C)=O)c1csc(N)n1.[Na+]. The quantitative estimate of drug-likeness (QED) is 0.103. The van der Waals surface area contributed by atoms with Gasteiger partial charge in [-0.3, -0.25) is 14.4 Å². The summed E-state index contributed by atoms with van der Waals surface area (Å²) in [6, 6.07) is -2.82. The summed E-state index contributed by atoms with van der Waals surface area (Å²) in [6.45, 7) is 0.452. The molecule has 1 aliphatic rings. The number of anilines is 1. The number of β-lactam (4-membered cyclic amide) rings is 1. The smallest absolute Gasteiger partial charge is 0.731 e. The standard InChI is InChI=1S/C12H15N5O8S2.Na/c1-5(18)25-3-7-9(11(20)17(7)27(21,22)23)15-10(19)8(16-24-2)6-4-26-12(13)14-6;/h4,7,9H,3H2,1-2H3,(H2,13,14)(H,15,19)(H,21,22,23);/q;+1/p-1/b16-8-;/t7-,9+;/m0./s1. The molecule has 1 aromatic heterocycles. The van der Waals surface area contributed by atoms with Gasteiger partial charge in [-0.1, -0.05) is 5.16 Å². The fourth-order valence-electron chi connectivity index (χ4n) is 2.22. The molecule has 0 radical (unpaired) electrons. The van der Waals surface area contributed by atoms with Gasteiger partial charge in [0.25, 0.3) is 11.8 Å². The summed E-state index contributed by atoms with van der Waals surface area (Å²) in [7, 11) is -3.98. The van der Waals surface area contributed by atoms with Crippen LogP contribution in [0.2, 0.25) is 0 Å². The van der Waals surface area contributed by atoms with Gasteiger partial charge in [0.15, 0.2) is 21.1 Å². The minimum atomic E-state index is -5.15. The van der Waals surface area contributed by atoms with Gasteiger partial charge in [0, 0.05) is 12.3 Å². The summed E-state index contributed by atoms with van der Waals surface area (Å²) in [5, 5.41) is 7.30. The third kappa shape index (κ3) is 5.39. The van der Waals surface area contributed by atoms with Crippen molar-refractivity contribution in [2.75, 3.05) is 19.5 Å². The van der Waals surface area contributed by atoms with Crippen LogP contribution in [0.15, 0.2) is 10.5 Å². The molecular weight excluding hydrogens is 429 g/mol. The Morgan fingerprint density at radius 2 is 2.14 bits per heavy atom. The van der Waals surface area contributed by atoms with Gasteiger partial charge >= 0.3 is 35.5 Å². The molecule has 13 nitrogen and oxygen atoms in total. The summed E-state index contributed by atoms with van der Waals surface area (Å²) in [5.74, 6) is -2.87. The Labute approximate surface area is 185 Å². The molecule has 0 bridgehead atoms. The first-order chi connectivity index (χ1) is 12.6. The van der Waals surface area contributed by atoms with Crippen LogP contribution in [0.3, 0.4) is 0 Å². The minimum Gasteiger partial charge on any atom is -0.731 e. The Morgan fingerprint density at radius 3 is 2.61 bits per heavy atom. The van der Waals surface area contributed by atoms with E-state index in [0.717, 1.165) is 18.3 Å². The van der Waals surface area contributed by atoms with E-state index in [1.54, 1.807) is 0 Å². The predicted octanol–water partition coefficient (Wildman–Crippen LogP) is -5.20. The summed E-state index contributed by atoms with van der Waals surface area (Å²) in [6.07, 6.45) is 0. The van der Waals surface area contributed by atoms with Crippen molar-refractivity contribution in [2.24, 2.45) is 5.16 Å². The fourth-order valence-corrected chi connectivity index (χ4v) is 3.62. The Hall–Kier alpha value is -1.78. The van der Waals surface area contributed by atoms with E-state index in [-0.39, 0.29) is 50.4 Å². The number of carbonyl (C=O) groups excluding carboxylic acids is 3. The van der Waals surface area contributed by atoms with Crippen LogP contribution in [0.25, 0.3) is 0 Å². The van der Waals surface area contributed by atoms with Crippen LogP contribution in [0.1, 0.15) is 12.6 Å². The number of nitrogens with two attached hydrogens (primary N) is 1. The molecule has 1 aromatic rings. The first-order valence-electron chi connectivity index (χ1n) is 7.12. The third-order valence-electron chi connectivity index (χ3n) is 3.32. The summed E-state index contributed by atoms with van der Waals surface area (Å²) >= 11 is 1.03. The van der Waals surface area contributed by atoms with Gasteiger partial charge in [-0.15, -0.1) is 11.3 Å². The molecule has 2 rings (SSSR count). The number of ether oxygens (including phenoxy) is 1. The summed E-state index contributed by atoms with van der Waals surface area (Å²) in [4.78, 5) is 43.8. The fraction of sp³-hybridized carbons (Fsp3) is 0.417. The van der Waals surface area contributed by atoms with E-state index in [1.807, 2.05) is 0 Å². The predicted molar refractivity (Wildman–Crippen MR) is 89.0 cm³/mol. The maximum Gasteiger partial charge on any atom is 1.00 e. The molecule has 1 fully saturated rings. The van der Waals surface area contributed by atoms with Crippen LogP contribution in [0, 0.1) is 0 Å². The van der Waals surface area contributed by atoms with Crippen LogP contribution >= 0.6 is 11.3 Å². The molecule has 0 unspecified atom stereocenters.